The normalized spacial score (nSPS) is 13.5. The van der Waals surface area contributed by atoms with Gasteiger partial charge in [-0.3, -0.25) is 90.0 Å². The third-order valence-electron chi connectivity index (χ3n) is 16.4. The average molecular weight is 1560 g/mol. The molecule has 46 nitrogen and oxygen atoms in total. The van der Waals surface area contributed by atoms with Gasteiger partial charge in [0, 0.05) is 45.7 Å². The number of guanidine groups is 6. The maximum Gasteiger partial charge on any atom is 0.243 e. The van der Waals surface area contributed by atoms with Gasteiger partial charge in [0.1, 0.15) is 60.1 Å². The molecule has 1 rings (SSSR count). The van der Waals surface area contributed by atoms with Gasteiger partial charge in [-0.25, -0.2) is 0 Å². The van der Waals surface area contributed by atoms with E-state index in [9.17, 15) is 62.6 Å². The second-order valence-electron chi connectivity index (χ2n) is 25.7. The third-order valence-corrected chi connectivity index (χ3v) is 16.4. The zero-order valence-corrected chi connectivity index (χ0v) is 62.0. The number of carbonyl (C=O) groups excluding carboxylic acids is 12. The van der Waals surface area contributed by atoms with Crippen LogP contribution >= 0.6 is 0 Å². The SMILES string of the molecule is N=C(N)NCCC[C@H](NC(=O)[C@H](CCCNC(=N)N)NC(=O)[C@H](CCCNC(=N)N)NC(=O)[C@H](CCCNC(=N)N)NC(=O)[C@H](CCCNC(=N)N)NC(=O)[C@H](CCC(N)=O)NC(=O)[C@H](CCCCN)NC(=O)[C@H](CCCCN)NC(=O)[C@H](CCCNC(=N)N)NC(=O)CNC(=O)[C@@H](N)Cc1ccc(O)cc1)C(N)=O. The predicted octanol–water partition coefficient (Wildman–Crippen LogP) is -10.7. The number of amides is 12. The van der Waals surface area contributed by atoms with E-state index in [0.29, 0.717) is 18.4 Å². The van der Waals surface area contributed by atoms with Gasteiger partial charge < -0.3 is 153 Å². The first-order chi connectivity index (χ1) is 52.1. The summed E-state index contributed by atoms with van der Waals surface area (Å²) in [7, 11) is 0. The van der Waals surface area contributed by atoms with Crippen molar-refractivity contribution in [3.05, 3.63) is 29.8 Å². The van der Waals surface area contributed by atoms with E-state index in [1.807, 2.05) is 0 Å². The van der Waals surface area contributed by atoms with Crippen LogP contribution in [0.2, 0.25) is 0 Å². The lowest BCUT2D eigenvalue weighted by atomic mass is 10.0. The smallest absolute Gasteiger partial charge is 0.243 e. The molecule has 0 radical (unpaired) electrons. The number of carbonyl (C=O) groups is 12. The second-order valence-corrected chi connectivity index (χ2v) is 25.7. The van der Waals surface area contributed by atoms with Crippen molar-refractivity contribution in [3.8, 4) is 5.75 Å². The Labute approximate surface area is 637 Å². The summed E-state index contributed by atoms with van der Waals surface area (Å²) in [5.74, 6) is -13.6. The van der Waals surface area contributed by atoms with E-state index >= 15 is 0 Å². The number of primary amides is 2. The molecule has 0 saturated carbocycles. The van der Waals surface area contributed by atoms with Crippen molar-refractivity contribution >= 4 is 107 Å². The molecule has 0 aliphatic rings. The van der Waals surface area contributed by atoms with Gasteiger partial charge in [-0.2, -0.15) is 0 Å². The number of hydrogen-bond acceptors (Lipinski definition) is 22. The highest BCUT2D eigenvalue weighted by atomic mass is 16.3. The number of aromatic hydroxyl groups is 1. The minimum absolute atomic E-state index is 0.000272. The molecule has 1 aromatic rings. The van der Waals surface area contributed by atoms with Gasteiger partial charge in [-0.05, 0) is 159 Å². The Morgan fingerprint density at radius 1 is 0.318 bits per heavy atom. The van der Waals surface area contributed by atoms with Gasteiger partial charge in [0.05, 0.1) is 12.6 Å². The largest absolute Gasteiger partial charge is 0.508 e. The summed E-state index contributed by atoms with van der Waals surface area (Å²) in [6, 6.07) is -8.62. The molecule has 0 heterocycles. The van der Waals surface area contributed by atoms with Crippen LogP contribution in [0.5, 0.6) is 5.75 Å². The molecule has 0 aliphatic heterocycles. The number of nitrogens with two attached hydrogens (primary N) is 11. The summed E-state index contributed by atoms with van der Waals surface area (Å²) < 4.78 is 0. The molecular formula is C64H119N33O13. The van der Waals surface area contributed by atoms with E-state index in [0.717, 1.165) is 0 Å². The summed E-state index contributed by atoms with van der Waals surface area (Å²) in [4.78, 5) is 168. The molecule has 1 aromatic carbocycles. The fraction of sp³-hybridized carbons (Fsp3) is 0.625. The average Bonchev–Trinajstić information content (AvgIpc) is 0.860. The van der Waals surface area contributed by atoms with Crippen LogP contribution in [0.4, 0.5) is 0 Å². The number of rotatable bonds is 58. The number of benzene rings is 1. The van der Waals surface area contributed by atoms with E-state index in [4.69, 9.17) is 95.5 Å². The quantitative estimate of drug-likeness (QED) is 0.0164. The molecule has 0 bridgehead atoms. The number of nitrogens with one attached hydrogen (secondary N) is 22. The summed E-state index contributed by atoms with van der Waals surface area (Å²) in [5.41, 5.74) is 62.4. The minimum Gasteiger partial charge on any atom is -0.508 e. The van der Waals surface area contributed by atoms with Crippen molar-refractivity contribution in [2.75, 3.05) is 58.9 Å². The molecule has 46 heteroatoms. The van der Waals surface area contributed by atoms with Crippen molar-refractivity contribution in [3.63, 3.8) is 0 Å². The molecule has 0 fully saturated rings. The van der Waals surface area contributed by atoms with E-state index in [2.05, 4.69) is 85.1 Å². The summed E-state index contributed by atoms with van der Waals surface area (Å²) in [5, 5.41) is 96.4. The molecule has 110 heavy (non-hydrogen) atoms. The Morgan fingerprint density at radius 3 is 0.818 bits per heavy atom. The maximum atomic E-state index is 14.8. The minimum atomic E-state index is -1.71. The highest BCUT2D eigenvalue weighted by Gasteiger charge is 2.36. The van der Waals surface area contributed by atoms with Crippen LogP contribution in [0.3, 0.4) is 0 Å². The van der Waals surface area contributed by atoms with Crippen molar-refractivity contribution in [1.82, 2.24) is 85.1 Å². The fourth-order valence-corrected chi connectivity index (χ4v) is 10.6. The first-order valence-corrected chi connectivity index (χ1v) is 36.1. The summed E-state index contributed by atoms with van der Waals surface area (Å²) >= 11 is 0. The van der Waals surface area contributed by atoms with Gasteiger partial charge in [0.15, 0.2) is 35.8 Å². The van der Waals surface area contributed by atoms with Gasteiger partial charge in [-0.15, -0.1) is 0 Å². The van der Waals surface area contributed by atoms with Crippen molar-refractivity contribution in [2.24, 2.45) is 63.1 Å². The van der Waals surface area contributed by atoms with E-state index in [1.165, 1.54) is 12.1 Å². The number of hydrogen-bond donors (Lipinski definition) is 34. The Morgan fingerprint density at radius 2 is 0.564 bits per heavy atom. The molecule has 10 atom stereocenters. The van der Waals surface area contributed by atoms with Crippen LogP contribution in [-0.4, -0.2) is 231 Å². The number of phenols is 1. The van der Waals surface area contributed by atoms with Crippen molar-refractivity contribution in [1.29, 1.82) is 32.5 Å². The maximum absolute atomic E-state index is 14.8. The van der Waals surface area contributed by atoms with Gasteiger partial charge in [-0.1, -0.05) is 12.1 Å². The molecule has 618 valence electrons. The summed E-state index contributed by atoms with van der Waals surface area (Å²) in [6.07, 6.45) is -0.507. The lowest BCUT2D eigenvalue weighted by Crippen LogP contribution is -2.60. The lowest BCUT2D eigenvalue weighted by molar-refractivity contribution is -0.136. The predicted molar refractivity (Wildman–Crippen MR) is 409 cm³/mol. The summed E-state index contributed by atoms with van der Waals surface area (Å²) in [6.45, 7) is -0.140. The molecule has 45 N–H and O–H groups in total. The molecule has 0 unspecified atom stereocenters. The lowest BCUT2D eigenvalue weighted by Gasteiger charge is -2.28. The Hall–Kier alpha value is -11.8. The second kappa shape index (κ2) is 54.7. The molecule has 0 aromatic heterocycles. The highest BCUT2D eigenvalue weighted by molar-refractivity contribution is 5.99. The van der Waals surface area contributed by atoms with E-state index < -0.39 is 175 Å². The number of phenolic OH excluding ortho intramolecular Hbond substituents is 1. The van der Waals surface area contributed by atoms with Crippen LogP contribution in [0.15, 0.2) is 24.3 Å². The Kier molecular flexibility index (Phi) is 47.8. The standard InChI is InChI=1S/C64H119N33O13/c65-25-3-1-11-40(91-51(103)39(14-6-28-83-60(72)73)89-48(100)34-88-50(102)37(67)33-35-19-21-36(98)22-20-35)53(105)92-41(12-2-4-26-66)54(106)97-46(23-24-47(68)99)58(110)96-45(18-10-32-87-64(80)81)57(109)95-44(17-9-31-86-63(78)79)56(108)94-43(16-8-30-85-62(76)77)55(107)93-42(15-7-29-84-61(74)75)52(104)90-38(49(69)101)13-5-27-82-59(70)71/h19-22,37-46,98H,1-18,23-34,65-67H2,(H2,68,99)(H2,69,101)(H,88,102)(H,89,100)(H,90,104)(H,91,103)(H,92,105)(H,93,107)(H,94,108)(H,95,109)(H,96,110)(H,97,106)(H4,70,71,82)(H4,72,73,83)(H4,74,75,84)(H4,76,77,85)(H4,78,79,86)(H4,80,81,87)/t37-,38-,39-,40-,41-,42-,43-,44-,45-,46-/m0/s1. The van der Waals surface area contributed by atoms with Crippen LogP contribution in [0.1, 0.15) is 134 Å². The van der Waals surface area contributed by atoms with Gasteiger partial charge in [0.25, 0.3) is 0 Å². The van der Waals surface area contributed by atoms with Gasteiger partial charge >= 0.3 is 0 Å². The van der Waals surface area contributed by atoms with E-state index in [-0.39, 0.29) is 179 Å². The molecule has 12 amide bonds. The molecular weight excluding hydrogens is 1440 g/mol. The topological polar surface area (TPSA) is 847 Å². The number of unbranched alkanes of at least 4 members (excludes halogenated alkanes) is 2. The fourth-order valence-electron chi connectivity index (χ4n) is 10.6. The molecule has 0 aliphatic carbocycles. The monoisotopic (exact) mass is 1560 g/mol. The van der Waals surface area contributed by atoms with Crippen LogP contribution in [-0.2, 0) is 64.0 Å². The van der Waals surface area contributed by atoms with E-state index in [1.54, 1.807) is 12.1 Å². The van der Waals surface area contributed by atoms with Gasteiger partial charge in [0.2, 0.25) is 70.9 Å². The zero-order valence-electron chi connectivity index (χ0n) is 62.0. The third kappa shape index (κ3) is 44.3. The van der Waals surface area contributed by atoms with Crippen LogP contribution in [0.25, 0.3) is 0 Å². The van der Waals surface area contributed by atoms with Crippen LogP contribution in [0, 0.1) is 32.5 Å². The first-order valence-electron chi connectivity index (χ1n) is 36.1. The first kappa shape index (κ1) is 96.2. The van der Waals surface area contributed by atoms with Crippen LogP contribution < -0.4 is 148 Å². The van der Waals surface area contributed by atoms with Crippen molar-refractivity contribution in [2.45, 2.75) is 195 Å². The molecule has 0 spiro atoms. The molecule has 0 saturated heterocycles. The highest BCUT2D eigenvalue weighted by Crippen LogP contribution is 2.14. The van der Waals surface area contributed by atoms with Crippen molar-refractivity contribution < 1.29 is 62.6 Å². The Bertz CT molecular complexity index is 3200. The Balaban J connectivity index is 3.86. The zero-order chi connectivity index (χ0) is 82.7.